The van der Waals surface area contributed by atoms with Crippen molar-refractivity contribution in [3.05, 3.63) is 42.7 Å². The van der Waals surface area contributed by atoms with Crippen LogP contribution in [-0.2, 0) is 16.0 Å². The van der Waals surface area contributed by atoms with E-state index in [1.54, 1.807) is 24.5 Å². The molecule has 0 spiro atoms. The van der Waals surface area contributed by atoms with Gasteiger partial charge in [0.25, 0.3) is 0 Å². The summed E-state index contributed by atoms with van der Waals surface area (Å²) in [4.78, 5) is 15.0. The van der Waals surface area contributed by atoms with Crippen LogP contribution in [0.15, 0.2) is 37.2 Å². The number of pyridine rings is 1. The molecule has 0 aliphatic heterocycles. The minimum atomic E-state index is -0.257. The van der Waals surface area contributed by atoms with E-state index in [-0.39, 0.29) is 19.0 Å². The van der Waals surface area contributed by atoms with Crippen molar-refractivity contribution >= 4 is 5.97 Å². The van der Waals surface area contributed by atoms with Gasteiger partial charge in [-0.3, -0.25) is 9.78 Å². The third-order valence-corrected chi connectivity index (χ3v) is 1.43. The fourth-order valence-corrected chi connectivity index (χ4v) is 0.872. The molecule has 0 unspecified atom stereocenters. The Labute approximate surface area is 77.1 Å². The third kappa shape index (κ3) is 3.51. The molecule has 1 aromatic rings. The van der Waals surface area contributed by atoms with E-state index >= 15 is 0 Å². The maximum atomic E-state index is 11.1. The normalized spacial score (nSPS) is 9.23. The number of carbonyl (C=O) groups is 1. The highest BCUT2D eigenvalue weighted by molar-refractivity contribution is 5.72. The molecule has 0 atom stereocenters. The van der Waals surface area contributed by atoms with Crippen molar-refractivity contribution in [1.82, 2.24) is 4.98 Å². The minimum Gasteiger partial charge on any atom is -0.461 e. The number of nitrogens with zero attached hydrogens (tertiary/aromatic N) is 1. The quantitative estimate of drug-likeness (QED) is 0.514. The Morgan fingerprint density at radius 2 is 2.54 bits per heavy atom. The smallest absolute Gasteiger partial charge is 0.310 e. The molecule has 0 aliphatic rings. The first-order valence-corrected chi connectivity index (χ1v) is 3.98. The van der Waals surface area contributed by atoms with Crippen LogP contribution in [-0.4, -0.2) is 17.6 Å². The molecule has 0 aromatic carbocycles. The van der Waals surface area contributed by atoms with Crippen molar-refractivity contribution in [3.63, 3.8) is 0 Å². The monoisotopic (exact) mass is 177 g/mol. The SMILES string of the molecule is C=CCOC(=O)Cc1cccnc1. The second-order valence-corrected chi connectivity index (χ2v) is 2.51. The number of aromatic nitrogens is 1. The zero-order valence-corrected chi connectivity index (χ0v) is 7.27. The van der Waals surface area contributed by atoms with Gasteiger partial charge in [-0.05, 0) is 11.6 Å². The molecule has 0 N–H and O–H groups in total. The van der Waals surface area contributed by atoms with Gasteiger partial charge in [0.2, 0.25) is 0 Å². The summed E-state index contributed by atoms with van der Waals surface area (Å²) in [5, 5.41) is 0. The lowest BCUT2D eigenvalue weighted by atomic mass is 10.2. The fraction of sp³-hybridized carbons (Fsp3) is 0.200. The Hall–Kier alpha value is -1.64. The molecule has 13 heavy (non-hydrogen) atoms. The van der Waals surface area contributed by atoms with Crippen molar-refractivity contribution in [2.45, 2.75) is 6.42 Å². The molecule has 1 rings (SSSR count). The van der Waals surface area contributed by atoms with E-state index in [0.717, 1.165) is 5.56 Å². The summed E-state index contributed by atoms with van der Waals surface area (Å²) in [7, 11) is 0. The van der Waals surface area contributed by atoms with E-state index in [2.05, 4.69) is 11.6 Å². The molecule has 0 amide bonds. The van der Waals surface area contributed by atoms with Crippen LogP contribution in [0.3, 0.4) is 0 Å². The second kappa shape index (κ2) is 5.09. The summed E-state index contributed by atoms with van der Waals surface area (Å²) in [6.45, 7) is 3.71. The van der Waals surface area contributed by atoms with Gasteiger partial charge < -0.3 is 4.74 Å². The van der Waals surface area contributed by atoms with Gasteiger partial charge in [-0.25, -0.2) is 0 Å². The van der Waals surface area contributed by atoms with Crippen molar-refractivity contribution in [3.8, 4) is 0 Å². The van der Waals surface area contributed by atoms with E-state index in [1.807, 2.05) is 6.07 Å². The maximum Gasteiger partial charge on any atom is 0.310 e. The zero-order valence-electron chi connectivity index (χ0n) is 7.27. The largest absolute Gasteiger partial charge is 0.461 e. The van der Waals surface area contributed by atoms with Crippen LogP contribution >= 0.6 is 0 Å². The highest BCUT2D eigenvalue weighted by atomic mass is 16.5. The van der Waals surface area contributed by atoms with Crippen LogP contribution < -0.4 is 0 Å². The van der Waals surface area contributed by atoms with Crippen molar-refractivity contribution in [1.29, 1.82) is 0 Å². The molecule has 3 heteroatoms. The first-order chi connectivity index (χ1) is 6.33. The van der Waals surface area contributed by atoms with Gasteiger partial charge in [0.15, 0.2) is 0 Å². The Morgan fingerprint density at radius 1 is 1.69 bits per heavy atom. The van der Waals surface area contributed by atoms with Gasteiger partial charge in [-0.2, -0.15) is 0 Å². The highest BCUT2D eigenvalue weighted by Crippen LogP contribution is 1.98. The minimum absolute atomic E-state index is 0.257. The number of esters is 1. The summed E-state index contributed by atoms with van der Waals surface area (Å²) in [6, 6.07) is 3.62. The fourth-order valence-electron chi connectivity index (χ4n) is 0.872. The second-order valence-electron chi connectivity index (χ2n) is 2.51. The molecule has 3 nitrogen and oxygen atoms in total. The van der Waals surface area contributed by atoms with Crippen LogP contribution in [0, 0.1) is 0 Å². The number of rotatable bonds is 4. The number of carbonyl (C=O) groups excluding carboxylic acids is 1. The van der Waals surface area contributed by atoms with Crippen LogP contribution in [0.2, 0.25) is 0 Å². The van der Waals surface area contributed by atoms with E-state index in [1.165, 1.54) is 0 Å². The lowest BCUT2D eigenvalue weighted by molar-refractivity contribution is -0.141. The molecule has 0 radical (unpaired) electrons. The molecule has 1 aromatic heterocycles. The van der Waals surface area contributed by atoms with Crippen molar-refractivity contribution < 1.29 is 9.53 Å². The summed E-state index contributed by atoms with van der Waals surface area (Å²) in [6.07, 6.45) is 5.12. The maximum absolute atomic E-state index is 11.1. The predicted molar refractivity (Wildman–Crippen MR) is 49.1 cm³/mol. The summed E-state index contributed by atoms with van der Waals surface area (Å²) in [5.41, 5.74) is 0.858. The van der Waals surface area contributed by atoms with Gasteiger partial charge in [0.1, 0.15) is 6.61 Å². The number of hydrogen-bond acceptors (Lipinski definition) is 3. The van der Waals surface area contributed by atoms with E-state index in [4.69, 9.17) is 4.74 Å². The Morgan fingerprint density at radius 3 is 3.15 bits per heavy atom. The van der Waals surface area contributed by atoms with Crippen molar-refractivity contribution in [2.75, 3.05) is 6.61 Å². The lowest BCUT2D eigenvalue weighted by Crippen LogP contribution is -2.07. The number of hydrogen-bond donors (Lipinski definition) is 0. The Bertz CT molecular complexity index is 282. The molecule has 0 aliphatic carbocycles. The molecular weight excluding hydrogens is 166 g/mol. The van der Waals surface area contributed by atoms with Gasteiger partial charge in [0, 0.05) is 12.4 Å². The van der Waals surface area contributed by atoms with Crippen LogP contribution in [0.5, 0.6) is 0 Å². The number of ether oxygens (including phenoxy) is 1. The molecular formula is C10H11NO2. The summed E-state index contributed by atoms with van der Waals surface area (Å²) in [5.74, 6) is -0.257. The average Bonchev–Trinajstić information content (AvgIpc) is 2.16. The van der Waals surface area contributed by atoms with Gasteiger partial charge in [-0.1, -0.05) is 18.7 Å². The first kappa shape index (κ1) is 9.45. The van der Waals surface area contributed by atoms with E-state index in [0.29, 0.717) is 0 Å². The first-order valence-electron chi connectivity index (χ1n) is 3.98. The topological polar surface area (TPSA) is 39.2 Å². The Balaban J connectivity index is 2.41. The predicted octanol–water partition coefficient (Wildman–Crippen LogP) is 1.35. The highest BCUT2D eigenvalue weighted by Gasteiger charge is 2.02. The van der Waals surface area contributed by atoms with Gasteiger partial charge >= 0.3 is 5.97 Å². The molecule has 0 fully saturated rings. The van der Waals surface area contributed by atoms with Crippen LogP contribution in [0.1, 0.15) is 5.56 Å². The molecule has 1 heterocycles. The summed E-state index contributed by atoms with van der Waals surface area (Å²) >= 11 is 0. The average molecular weight is 177 g/mol. The van der Waals surface area contributed by atoms with E-state index < -0.39 is 0 Å². The van der Waals surface area contributed by atoms with Crippen LogP contribution in [0.4, 0.5) is 0 Å². The van der Waals surface area contributed by atoms with Crippen molar-refractivity contribution in [2.24, 2.45) is 0 Å². The van der Waals surface area contributed by atoms with Crippen LogP contribution in [0.25, 0.3) is 0 Å². The molecule has 0 bridgehead atoms. The lowest BCUT2D eigenvalue weighted by Gasteiger charge is -2.00. The molecule has 0 saturated heterocycles. The third-order valence-electron chi connectivity index (χ3n) is 1.43. The zero-order chi connectivity index (χ0) is 9.52. The van der Waals surface area contributed by atoms with E-state index in [9.17, 15) is 4.79 Å². The Kier molecular flexibility index (Phi) is 3.70. The molecule has 68 valence electrons. The van der Waals surface area contributed by atoms with Gasteiger partial charge in [-0.15, -0.1) is 0 Å². The van der Waals surface area contributed by atoms with Gasteiger partial charge in [0.05, 0.1) is 6.42 Å². The standard InChI is InChI=1S/C10H11NO2/c1-2-6-13-10(12)7-9-4-3-5-11-8-9/h2-5,8H,1,6-7H2. The molecule has 0 saturated carbocycles. The summed E-state index contributed by atoms with van der Waals surface area (Å²) < 4.78 is 4.81.